The molecule has 0 saturated carbocycles. The lowest BCUT2D eigenvalue weighted by Gasteiger charge is -2.07. The van der Waals surface area contributed by atoms with E-state index in [1.807, 2.05) is 11.5 Å². The van der Waals surface area contributed by atoms with E-state index >= 15 is 0 Å². The van der Waals surface area contributed by atoms with Crippen molar-refractivity contribution in [2.75, 3.05) is 7.11 Å². The monoisotopic (exact) mass is 278 g/mol. The Balaban J connectivity index is 2.03. The highest BCUT2D eigenvalue weighted by Crippen LogP contribution is 2.17. The standard InChI is InChI=1S/C13H15FN4O2/c1-3-18-8-16-17-12(18)7-15-13(19)9-4-5-11(20-2)10(14)6-9/h4-6,8H,3,7H2,1-2H3,(H,15,19). The van der Waals surface area contributed by atoms with Gasteiger partial charge in [0.25, 0.3) is 5.91 Å². The second-order valence-electron chi connectivity index (χ2n) is 4.07. The Morgan fingerprint density at radius 2 is 2.30 bits per heavy atom. The fraction of sp³-hybridized carbons (Fsp3) is 0.308. The maximum Gasteiger partial charge on any atom is 0.251 e. The van der Waals surface area contributed by atoms with Gasteiger partial charge in [-0.25, -0.2) is 4.39 Å². The second kappa shape index (κ2) is 6.14. The van der Waals surface area contributed by atoms with E-state index in [-0.39, 0.29) is 23.8 Å². The third-order valence-corrected chi connectivity index (χ3v) is 2.86. The van der Waals surface area contributed by atoms with Crippen LogP contribution in [-0.4, -0.2) is 27.8 Å². The molecule has 1 aromatic heterocycles. The Bertz CT molecular complexity index is 612. The van der Waals surface area contributed by atoms with E-state index in [9.17, 15) is 9.18 Å². The molecular weight excluding hydrogens is 263 g/mol. The summed E-state index contributed by atoms with van der Waals surface area (Å²) in [5.41, 5.74) is 0.228. The summed E-state index contributed by atoms with van der Waals surface area (Å²) in [5.74, 6) is -0.198. The molecule has 0 aliphatic carbocycles. The molecule has 0 unspecified atom stereocenters. The number of aromatic nitrogens is 3. The molecule has 0 radical (unpaired) electrons. The highest BCUT2D eigenvalue weighted by atomic mass is 19.1. The zero-order valence-electron chi connectivity index (χ0n) is 11.3. The molecule has 0 fully saturated rings. The first-order valence-corrected chi connectivity index (χ1v) is 6.14. The van der Waals surface area contributed by atoms with E-state index in [1.54, 1.807) is 6.33 Å². The number of benzene rings is 1. The molecule has 0 aliphatic heterocycles. The normalized spacial score (nSPS) is 10.3. The summed E-state index contributed by atoms with van der Waals surface area (Å²) in [6.07, 6.45) is 1.59. The fourth-order valence-electron chi connectivity index (χ4n) is 1.75. The summed E-state index contributed by atoms with van der Waals surface area (Å²) in [7, 11) is 1.37. The summed E-state index contributed by atoms with van der Waals surface area (Å²) in [5, 5.41) is 10.3. The first-order valence-electron chi connectivity index (χ1n) is 6.14. The van der Waals surface area contributed by atoms with Crippen LogP contribution in [0.2, 0.25) is 0 Å². The number of hydrogen-bond acceptors (Lipinski definition) is 4. The van der Waals surface area contributed by atoms with Gasteiger partial charge in [0, 0.05) is 12.1 Å². The zero-order valence-corrected chi connectivity index (χ0v) is 11.3. The maximum absolute atomic E-state index is 13.5. The van der Waals surface area contributed by atoms with E-state index in [0.29, 0.717) is 5.82 Å². The van der Waals surface area contributed by atoms with Crippen molar-refractivity contribution < 1.29 is 13.9 Å². The van der Waals surface area contributed by atoms with Crippen LogP contribution in [0.15, 0.2) is 24.5 Å². The average molecular weight is 278 g/mol. The minimum Gasteiger partial charge on any atom is -0.494 e. The molecule has 1 N–H and O–H groups in total. The van der Waals surface area contributed by atoms with Crippen molar-refractivity contribution in [3.05, 3.63) is 41.7 Å². The highest BCUT2D eigenvalue weighted by molar-refractivity contribution is 5.94. The SMILES string of the molecule is CCn1cnnc1CNC(=O)c1ccc(OC)c(F)c1. The van der Waals surface area contributed by atoms with Crippen LogP contribution in [0, 0.1) is 5.82 Å². The summed E-state index contributed by atoms with van der Waals surface area (Å²) in [6.45, 7) is 2.91. The Hall–Kier alpha value is -2.44. The number of methoxy groups -OCH3 is 1. The number of halogens is 1. The van der Waals surface area contributed by atoms with Crippen molar-refractivity contribution in [2.45, 2.75) is 20.0 Å². The number of hydrogen-bond donors (Lipinski definition) is 1. The predicted octanol–water partition coefficient (Wildman–Crippen LogP) is 1.38. The molecule has 106 valence electrons. The Labute approximate surface area is 115 Å². The molecule has 0 spiro atoms. The van der Waals surface area contributed by atoms with Crippen LogP contribution in [0.3, 0.4) is 0 Å². The van der Waals surface area contributed by atoms with E-state index in [2.05, 4.69) is 15.5 Å². The Kier molecular flexibility index (Phi) is 4.29. The highest BCUT2D eigenvalue weighted by Gasteiger charge is 2.11. The van der Waals surface area contributed by atoms with Gasteiger partial charge in [0.2, 0.25) is 0 Å². The molecule has 1 heterocycles. The van der Waals surface area contributed by atoms with Gasteiger partial charge < -0.3 is 14.6 Å². The number of aryl methyl sites for hydroxylation is 1. The third kappa shape index (κ3) is 2.93. The van der Waals surface area contributed by atoms with Crippen molar-refractivity contribution in [1.29, 1.82) is 0 Å². The molecule has 1 amide bonds. The number of carbonyl (C=O) groups is 1. The van der Waals surface area contributed by atoms with Gasteiger partial charge in [0.1, 0.15) is 6.33 Å². The van der Waals surface area contributed by atoms with Gasteiger partial charge in [0.15, 0.2) is 17.4 Å². The number of nitrogens with zero attached hydrogens (tertiary/aromatic N) is 3. The minimum absolute atomic E-state index is 0.104. The first kappa shape index (κ1) is 14.0. The summed E-state index contributed by atoms with van der Waals surface area (Å²) in [4.78, 5) is 11.9. The summed E-state index contributed by atoms with van der Waals surface area (Å²) < 4.78 is 20.1. The van der Waals surface area contributed by atoms with Gasteiger partial charge in [-0.2, -0.15) is 0 Å². The van der Waals surface area contributed by atoms with E-state index < -0.39 is 5.82 Å². The lowest BCUT2D eigenvalue weighted by Crippen LogP contribution is -2.24. The quantitative estimate of drug-likeness (QED) is 0.897. The molecule has 0 bridgehead atoms. The summed E-state index contributed by atoms with van der Waals surface area (Å²) in [6, 6.07) is 4.05. The lowest BCUT2D eigenvalue weighted by molar-refractivity contribution is 0.0949. The molecule has 2 rings (SSSR count). The summed E-state index contributed by atoms with van der Waals surface area (Å²) >= 11 is 0. The number of rotatable bonds is 5. The van der Waals surface area contributed by atoms with E-state index in [4.69, 9.17) is 4.74 Å². The van der Waals surface area contributed by atoms with Crippen molar-refractivity contribution in [3.63, 3.8) is 0 Å². The molecule has 7 heteroatoms. The van der Waals surface area contributed by atoms with Crippen LogP contribution in [-0.2, 0) is 13.1 Å². The maximum atomic E-state index is 13.5. The van der Waals surface area contributed by atoms with Gasteiger partial charge in [0.05, 0.1) is 13.7 Å². The van der Waals surface area contributed by atoms with Crippen LogP contribution < -0.4 is 10.1 Å². The third-order valence-electron chi connectivity index (χ3n) is 2.86. The lowest BCUT2D eigenvalue weighted by atomic mass is 10.2. The smallest absolute Gasteiger partial charge is 0.251 e. The number of nitrogens with one attached hydrogen (secondary N) is 1. The van der Waals surface area contributed by atoms with Crippen LogP contribution in [0.25, 0.3) is 0 Å². The topological polar surface area (TPSA) is 69.0 Å². The minimum atomic E-state index is -0.572. The van der Waals surface area contributed by atoms with Crippen molar-refractivity contribution >= 4 is 5.91 Å². The van der Waals surface area contributed by atoms with E-state index in [1.165, 1.54) is 19.2 Å². The average Bonchev–Trinajstić information content (AvgIpc) is 2.92. The molecule has 0 saturated heterocycles. The predicted molar refractivity (Wildman–Crippen MR) is 69.8 cm³/mol. The number of carbonyl (C=O) groups excluding carboxylic acids is 1. The van der Waals surface area contributed by atoms with Crippen LogP contribution in [0.4, 0.5) is 4.39 Å². The zero-order chi connectivity index (χ0) is 14.5. The van der Waals surface area contributed by atoms with Crippen LogP contribution in [0.1, 0.15) is 23.1 Å². The molecule has 0 aliphatic rings. The van der Waals surface area contributed by atoms with Crippen molar-refractivity contribution in [1.82, 2.24) is 20.1 Å². The van der Waals surface area contributed by atoms with Gasteiger partial charge in [-0.1, -0.05) is 0 Å². The molecule has 2 aromatic rings. The van der Waals surface area contributed by atoms with Gasteiger partial charge in [-0.15, -0.1) is 10.2 Å². The van der Waals surface area contributed by atoms with Crippen molar-refractivity contribution in [3.8, 4) is 5.75 Å². The molecular formula is C13H15FN4O2. The van der Waals surface area contributed by atoms with Crippen LogP contribution >= 0.6 is 0 Å². The molecule has 0 atom stereocenters. The van der Waals surface area contributed by atoms with Crippen LogP contribution in [0.5, 0.6) is 5.75 Å². The van der Waals surface area contributed by atoms with E-state index in [0.717, 1.165) is 12.6 Å². The van der Waals surface area contributed by atoms with Gasteiger partial charge in [-0.3, -0.25) is 4.79 Å². The fourth-order valence-corrected chi connectivity index (χ4v) is 1.75. The Morgan fingerprint density at radius 1 is 1.50 bits per heavy atom. The molecule has 20 heavy (non-hydrogen) atoms. The van der Waals surface area contributed by atoms with Gasteiger partial charge in [-0.05, 0) is 25.1 Å². The largest absolute Gasteiger partial charge is 0.494 e. The number of ether oxygens (including phenoxy) is 1. The van der Waals surface area contributed by atoms with Crippen molar-refractivity contribution in [2.24, 2.45) is 0 Å². The molecule has 1 aromatic carbocycles. The molecule has 6 nitrogen and oxygen atoms in total. The first-order chi connectivity index (χ1) is 9.65. The second-order valence-corrected chi connectivity index (χ2v) is 4.07. The van der Waals surface area contributed by atoms with Gasteiger partial charge >= 0.3 is 0 Å². The number of amides is 1. The Morgan fingerprint density at radius 3 is 2.95 bits per heavy atom.